The molecule has 8 nitrogen and oxygen atoms in total. The fourth-order valence-electron chi connectivity index (χ4n) is 2.64. The van der Waals surface area contributed by atoms with Crippen LogP contribution in [0.4, 0.5) is 11.9 Å². The Bertz CT molecular complexity index is 596. The number of likely N-dealkylation sites (N-methyl/N-ethyl adjacent to an activating group) is 2. The fourth-order valence-corrected chi connectivity index (χ4v) is 2.64. The monoisotopic (exact) mass is 288 g/mol. The summed E-state index contributed by atoms with van der Waals surface area (Å²) in [6.45, 7) is 2.15. The summed E-state index contributed by atoms with van der Waals surface area (Å²) in [7, 11) is 4.15. The van der Waals surface area contributed by atoms with Gasteiger partial charge in [-0.3, -0.25) is 4.57 Å². The van der Waals surface area contributed by atoms with Crippen molar-refractivity contribution in [2.75, 3.05) is 37.8 Å². The van der Waals surface area contributed by atoms with Gasteiger partial charge in [-0.05, 0) is 26.4 Å². The second-order valence-electron chi connectivity index (χ2n) is 5.43. The number of imidazole rings is 1. The molecular formula is C13H20N8. The Balaban J connectivity index is 1.87. The highest BCUT2D eigenvalue weighted by atomic mass is 15.3. The third-order valence-corrected chi connectivity index (χ3v) is 3.83. The zero-order chi connectivity index (χ0) is 14.8. The first-order valence-electron chi connectivity index (χ1n) is 7.05. The molecule has 2 N–H and O–H groups in total. The highest BCUT2D eigenvalue weighted by Gasteiger charge is 2.23. The van der Waals surface area contributed by atoms with Crippen LogP contribution in [0.25, 0.3) is 5.95 Å². The fraction of sp³-hybridized carbons (Fsp3) is 0.538. The maximum absolute atomic E-state index is 5.83. The van der Waals surface area contributed by atoms with E-state index in [1.807, 2.05) is 7.05 Å². The Hall–Kier alpha value is -2.22. The van der Waals surface area contributed by atoms with E-state index in [2.05, 4.69) is 36.8 Å². The van der Waals surface area contributed by atoms with Crippen molar-refractivity contribution in [2.24, 2.45) is 0 Å². The summed E-state index contributed by atoms with van der Waals surface area (Å²) >= 11 is 0. The van der Waals surface area contributed by atoms with Gasteiger partial charge in [0.05, 0.1) is 0 Å². The molecule has 8 heteroatoms. The van der Waals surface area contributed by atoms with E-state index in [-0.39, 0.29) is 5.95 Å². The average Bonchev–Trinajstić information content (AvgIpc) is 3.00. The van der Waals surface area contributed by atoms with E-state index in [9.17, 15) is 0 Å². The lowest BCUT2D eigenvalue weighted by atomic mass is 10.1. The molecule has 0 amide bonds. The highest BCUT2D eigenvalue weighted by molar-refractivity contribution is 5.38. The van der Waals surface area contributed by atoms with Crippen molar-refractivity contribution >= 4 is 11.9 Å². The van der Waals surface area contributed by atoms with Gasteiger partial charge in [-0.1, -0.05) is 0 Å². The van der Waals surface area contributed by atoms with E-state index in [1.165, 1.54) is 6.42 Å². The van der Waals surface area contributed by atoms with Crippen LogP contribution in [0.2, 0.25) is 0 Å². The van der Waals surface area contributed by atoms with Crippen molar-refractivity contribution in [3.63, 3.8) is 0 Å². The molecule has 1 aliphatic heterocycles. The van der Waals surface area contributed by atoms with Crippen LogP contribution in [0, 0.1) is 0 Å². The van der Waals surface area contributed by atoms with Crippen LogP contribution >= 0.6 is 0 Å². The Labute approximate surface area is 123 Å². The number of hydrogen-bond donors (Lipinski definition) is 1. The molecular weight excluding hydrogens is 268 g/mol. The maximum Gasteiger partial charge on any atom is 0.241 e. The minimum absolute atomic E-state index is 0.222. The Morgan fingerprint density at radius 3 is 2.90 bits per heavy atom. The van der Waals surface area contributed by atoms with Gasteiger partial charge in [0, 0.05) is 32.0 Å². The van der Waals surface area contributed by atoms with Crippen LogP contribution in [0.15, 0.2) is 18.7 Å². The summed E-state index contributed by atoms with van der Waals surface area (Å²) in [5.74, 6) is 1.32. The standard InChI is InChI=1S/C13H20N8/c1-19-6-3-4-10(8-19)20(2)12-16-11(14)17-13(18-12)21-7-5-15-9-21/h5,7,9-10H,3-4,6,8H2,1-2H3,(H2,14,16,17,18). The summed E-state index contributed by atoms with van der Waals surface area (Å²) in [4.78, 5) is 21.4. The van der Waals surface area contributed by atoms with Crippen molar-refractivity contribution < 1.29 is 0 Å². The number of likely N-dealkylation sites (tertiary alicyclic amines) is 1. The molecule has 2 aromatic heterocycles. The molecule has 0 saturated carbocycles. The molecule has 1 aliphatic rings. The zero-order valence-corrected chi connectivity index (χ0v) is 12.3. The van der Waals surface area contributed by atoms with Gasteiger partial charge in [0.25, 0.3) is 0 Å². The number of nitrogen functional groups attached to an aromatic ring is 1. The van der Waals surface area contributed by atoms with E-state index in [1.54, 1.807) is 23.3 Å². The molecule has 21 heavy (non-hydrogen) atoms. The SMILES string of the molecule is CN1CCCC(N(C)c2nc(N)nc(-n3ccnc3)n2)C1. The molecule has 0 aromatic carbocycles. The molecule has 112 valence electrons. The quantitative estimate of drug-likeness (QED) is 0.861. The van der Waals surface area contributed by atoms with E-state index < -0.39 is 0 Å². The van der Waals surface area contributed by atoms with Crippen LogP contribution in [0.3, 0.4) is 0 Å². The van der Waals surface area contributed by atoms with Crippen molar-refractivity contribution in [1.82, 2.24) is 29.4 Å². The third kappa shape index (κ3) is 2.94. The number of nitrogens with zero attached hydrogens (tertiary/aromatic N) is 7. The number of aromatic nitrogens is 5. The van der Waals surface area contributed by atoms with E-state index >= 15 is 0 Å². The van der Waals surface area contributed by atoms with Gasteiger partial charge in [0.15, 0.2) is 0 Å². The first-order valence-corrected chi connectivity index (χ1v) is 7.05. The molecule has 0 spiro atoms. The third-order valence-electron chi connectivity index (χ3n) is 3.83. The Morgan fingerprint density at radius 1 is 1.33 bits per heavy atom. The highest BCUT2D eigenvalue weighted by Crippen LogP contribution is 2.19. The topological polar surface area (TPSA) is 89.0 Å². The van der Waals surface area contributed by atoms with E-state index in [0.29, 0.717) is 17.9 Å². The number of hydrogen-bond acceptors (Lipinski definition) is 7. The lowest BCUT2D eigenvalue weighted by molar-refractivity contribution is 0.247. The first kappa shape index (κ1) is 13.7. The van der Waals surface area contributed by atoms with Crippen LogP contribution in [-0.2, 0) is 0 Å². The second-order valence-corrected chi connectivity index (χ2v) is 5.43. The summed E-state index contributed by atoms with van der Waals surface area (Å²) in [5, 5.41) is 0. The lowest BCUT2D eigenvalue weighted by Gasteiger charge is -2.35. The van der Waals surface area contributed by atoms with Crippen LogP contribution < -0.4 is 10.6 Å². The molecule has 0 aliphatic carbocycles. The minimum Gasteiger partial charge on any atom is -0.368 e. The van der Waals surface area contributed by atoms with Crippen LogP contribution in [-0.4, -0.2) is 62.6 Å². The smallest absolute Gasteiger partial charge is 0.241 e. The molecule has 3 heterocycles. The molecule has 2 aromatic rings. The van der Waals surface area contributed by atoms with Gasteiger partial charge in [0.1, 0.15) is 6.33 Å². The van der Waals surface area contributed by atoms with Gasteiger partial charge in [-0.25, -0.2) is 4.98 Å². The summed E-state index contributed by atoms with van der Waals surface area (Å²) in [6, 6.07) is 0.390. The minimum atomic E-state index is 0.222. The predicted octanol–water partition coefficient (Wildman–Crippen LogP) is 0.170. The number of piperidine rings is 1. The number of anilines is 2. The number of nitrogens with two attached hydrogens (primary N) is 1. The van der Waals surface area contributed by atoms with Gasteiger partial charge in [0.2, 0.25) is 17.8 Å². The normalized spacial score (nSPS) is 19.6. The van der Waals surface area contributed by atoms with Gasteiger partial charge >= 0.3 is 0 Å². The van der Waals surface area contributed by atoms with Crippen molar-refractivity contribution in [3.05, 3.63) is 18.7 Å². The van der Waals surface area contributed by atoms with E-state index in [4.69, 9.17) is 5.73 Å². The molecule has 1 saturated heterocycles. The molecule has 0 radical (unpaired) electrons. The Morgan fingerprint density at radius 2 is 2.19 bits per heavy atom. The van der Waals surface area contributed by atoms with Crippen molar-refractivity contribution in [1.29, 1.82) is 0 Å². The maximum atomic E-state index is 5.83. The lowest BCUT2D eigenvalue weighted by Crippen LogP contribution is -2.45. The zero-order valence-electron chi connectivity index (χ0n) is 12.3. The Kier molecular flexibility index (Phi) is 3.70. The van der Waals surface area contributed by atoms with Crippen LogP contribution in [0.1, 0.15) is 12.8 Å². The van der Waals surface area contributed by atoms with Crippen molar-refractivity contribution in [2.45, 2.75) is 18.9 Å². The van der Waals surface area contributed by atoms with E-state index in [0.717, 1.165) is 19.5 Å². The summed E-state index contributed by atoms with van der Waals surface area (Å²) < 4.78 is 1.72. The molecule has 1 fully saturated rings. The predicted molar refractivity (Wildman–Crippen MR) is 80.3 cm³/mol. The van der Waals surface area contributed by atoms with Crippen LogP contribution in [0.5, 0.6) is 0 Å². The number of rotatable bonds is 3. The average molecular weight is 288 g/mol. The van der Waals surface area contributed by atoms with Crippen molar-refractivity contribution in [3.8, 4) is 5.95 Å². The first-order chi connectivity index (χ1) is 10.1. The molecule has 0 bridgehead atoms. The summed E-state index contributed by atoms with van der Waals surface area (Å²) in [5.41, 5.74) is 5.83. The largest absolute Gasteiger partial charge is 0.368 e. The molecule has 1 unspecified atom stereocenters. The molecule has 3 rings (SSSR count). The summed E-state index contributed by atoms with van der Waals surface area (Å²) in [6.07, 6.45) is 7.42. The van der Waals surface area contributed by atoms with Gasteiger partial charge in [-0.15, -0.1) is 0 Å². The second kappa shape index (κ2) is 5.65. The van der Waals surface area contributed by atoms with Gasteiger partial charge in [-0.2, -0.15) is 15.0 Å². The molecule has 1 atom stereocenters. The van der Waals surface area contributed by atoms with Gasteiger partial charge < -0.3 is 15.5 Å².